The SMILES string of the molecule is CCCCCC(=O)N(CCN(C)C)CC(=O)Nc1ccon1. The molecule has 1 N–H and O–H groups in total. The van der Waals surface area contributed by atoms with Crippen LogP contribution >= 0.6 is 0 Å². The number of aromatic nitrogens is 1. The lowest BCUT2D eigenvalue weighted by molar-refractivity contribution is -0.135. The fourth-order valence-corrected chi connectivity index (χ4v) is 1.93. The van der Waals surface area contributed by atoms with Gasteiger partial charge in [0, 0.05) is 25.6 Å². The maximum absolute atomic E-state index is 12.3. The largest absolute Gasteiger partial charge is 0.363 e. The van der Waals surface area contributed by atoms with E-state index in [1.165, 1.54) is 6.26 Å². The summed E-state index contributed by atoms with van der Waals surface area (Å²) in [6.45, 7) is 3.38. The zero-order valence-corrected chi connectivity index (χ0v) is 13.7. The second kappa shape index (κ2) is 9.94. The van der Waals surface area contributed by atoms with E-state index in [1.807, 2.05) is 19.0 Å². The minimum atomic E-state index is -0.267. The summed E-state index contributed by atoms with van der Waals surface area (Å²) in [7, 11) is 3.88. The molecule has 0 radical (unpaired) electrons. The molecule has 7 heteroatoms. The molecule has 0 saturated carbocycles. The molecule has 0 spiro atoms. The van der Waals surface area contributed by atoms with Gasteiger partial charge in [-0.25, -0.2) is 0 Å². The van der Waals surface area contributed by atoms with E-state index >= 15 is 0 Å². The summed E-state index contributed by atoms with van der Waals surface area (Å²) in [6, 6.07) is 1.56. The quantitative estimate of drug-likeness (QED) is 0.664. The molecule has 0 atom stereocenters. The molecule has 1 aromatic rings. The normalized spacial score (nSPS) is 10.7. The van der Waals surface area contributed by atoms with Gasteiger partial charge in [-0.15, -0.1) is 0 Å². The van der Waals surface area contributed by atoms with Crippen molar-refractivity contribution < 1.29 is 14.1 Å². The molecule has 2 amide bonds. The van der Waals surface area contributed by atoms with Crippen molar-refractivity contribution in [3.05, 3.63) is 12.3 Å². The van der Waals surface area contributed by atoms with E-state index in [0.29, 0.717) is 18.8 Å². The lowest BCUT2D eigenvalue weighted by atomic mass is 10.2. The first-order valence-electron chi connectivity index (χ1n) is 7.65. The lowest BCUT2D eigenvalue weighted by Gasteiger charge is -2.23. The number of nitrogens with one attached hydrogen (secondary N) is 1. The second-order valence-corrected chi connectivity index (χ2v) is 5.51. The highest BCUT2D eigenvalue weighted by Gasteiger charge is 2.17. The molecule has 0 aromatic carbocycles. The van der Waals surface area contributed by atoms with Gasteiger partial charge in [-0.05, 0) is 20.5 Å². The van der Waals surface area contributed by atoms with Crippen molar-refractivity contribution in [2.75, 3.05) is 39.0 Å². The summed E-state index contributed by atoms with van der Waals surface area (Å²) >= 11 is 0. The minimum Gasteiger partial charge on any atom is -0.363 e. The van der Waals surface area contributed by atoms with Crippen LogP contribution in [0.5, 0.6) is 0 Å². The van der Waals surface area contributed by atoms with Crippen LogP contribution in [0.25, 0.3) is 0 Å². The van der Waals surface area contributed by atoms with Gasteiger partial charge in [-0.2, -0.15) is 0 Å². The van der Waals surface area contributed by atoms with Crippen molar-refractivity contribution in [3.8, 4) is 0 Å². The molecule has 0 aliphatic heterocycles. The molecule has 0 bridgehead atoms. The standard InChI is InChI=1S/C15H26N4O3/c1-4-5-6-7-15(21)19(10-9-18(2)3)12-14(20)16-13-8-11-22-17-13/h8,11H,4-7,9-10,12H2,1-3H3,(H,16,17,20). The number of hydrogen-bond acceptors (Lipinski definition) is 5. The maximum Gasteiger partial charge on any atom is 0.245 e. The lowest BCUT2D eigenvalue weighted by Crippen LogP contribution is -2.41. The minimum absolute atomic E-state index is 0.0191. The molecule has 0 unspecified atom stereocenters. The third-order valence-electron chi connectivity index (χ3n) is 3.20. The maximum atomic E-state index is 12.3. The predicted molar refractivity (Wildman–Crippen MR) is 84.4 cm³/mol. The van der Waals surface area contributed by atoms with Crippen LogP contribution in [0.1, 0.15) is 32.6 Å². The van der Waals surface area contributed by atoms with Crippen molar-refractivity contribution in [2.45, 2.75) is 32.6 Å². The highest BCUT2D eigenvalue weighted by atomic mass is 16.5. The van der Waals surface area contributed by atoms with Crippen LogP contribution in [0.15, 0.2) is 16.9 Å². The van der Waals surface area contributed by atoms with Gasteiger partial charge in [0.1, 0.15) is 6.26 Å². The van der Waals surface area contributed by atoms with Crippen LogP contribution in [0.4, 0.5) is 5.82 Å². The van der Waals surface area contributed by atoms with E-state index in [-0.39, 0.29) is 18.4 Å². The Morgan fingerprint density at radius 3 is 2.64 bits per heavy atom. The summed E-state index contributed by atoms with van der Waals surface area (Å²) in [5, 5.41) is 6.24. The highest BCUT2D eigenvalue weighted by Crippen LogP contribution is 2.05. The zero-order chi connectivity index (χ0) is 16.4. The molecule has 124 valence electrons. The van der Waals surface area contributed by atoms with Crippen LogP contribution in [0.2, 0.25) is 0 Å². The van der Waals surface area contributed by atoms with Gasteiger partial charge in [0.15, 0.2) is 5.82 Å². The Labute approximate surface area is 131 Å². The average molecular weight is 310 g/mol. The predicted octanol–water partition coefficient (Wildman–Crippen LogP) is 1.58. The van der Waals surface area contributed by atoms with E-state index < -0.39 is 0 Å². The third kappa shape index (κ3) is 7.21. The molecular weight excluding hydrogens is 284 g/mol. The summed E-state index contributed by atoms with van der Waals surface area (Å²) in [6.07, 6.45) is 4.82. The number of carbonyl (C=O) groups excluding carboxylic acids is 2. The van der Waals surface area contributed by atoms with E-state index in [4.69, 9.17) is 0 Å². The Hall–Kier alpha value is -1.89. The Morgan fingerprint density at radius 1 is 1.27 bits per heavy atom. The average Bonchev–Trinajstić information content (AvgIpc) is 2.96. The molecule has 7 nitrogen and oxygen atoms in total. The van der Waals surface area contributed by atoms with E-state index in [0.717, 1.165) is 25.8 Å². The number of amides is 2. The smallest absolute Gasteiger partial charge is 0.245 e. The molecule has 0 aliphatic carbocycles. The fourth-order valence-electron chi connectivity index (χ4n) is 1.93. The van der Waals surface area contributed by atoms with Crippen LogP contribution < -0.4 is 5.32 Å². The second-order valence-electron chi connectivity index (χ2n) is 5.51. The van der Waals surface area contributed by atoms with Gasteiger partial charge in [-0.3, -0.25) is 9.59 Å². The summed E-state index contributed by atoms with van der Waals surface area (Å²) < 4.78 is 4.66. The van der Waals surface area contributed by atoms with Gasteiger partial charge in [0.2, 0.25) is 11.8 Å². The Balaban J connectivity index is 2.52. The highest BCUT2D eigenvalue weighted by molar-refractivity contribution is 5.93. The number of carbonyl (C=O) groups is 2. The van der Waals surface area contributed by atoms with Gasteiger partial charge >= 0.3 is 0 Å². The molecule has 22 heavy (non-hydrogen) atoms. The van der Waals surface area contributed by atoms with E-state index in [1.54, 1.807) is 11.0 Å². The van der Waals surface area contributed by atoms with Crippen molar-refractivity contribution in [1.29, 1.82) is 0 Å². The first-order valence-corrected chi connectivity index (χ1v) is 7.65. The molecule has 0 saturated heterocycles. The Morgan fingerprint density at radius 2 is 2.05 bits per heavy atom. The number of unbranched alkanes of at least 4 members (excludes halogenated alkanes) is 2. The van der Waals surface area contributed by atoms with Crippen molar-refractivity contribution in [2.24, 2.45) is 0 Å². The molecular formula is C15H26N4O3. The summed E-state index contributed by atoms with van der Waals surface area (Å²) in [5.74, 6) is 0.109. The first kappa shape index (κ1) is 18.2. The van der Waals surface area contributed by atoms with Crippen molar-refractivity contribution >= 4 is 17.6 Å². The number of nitrogens with zero attached hydrogens (tertiary/aromatic N) is 3. The van der Waals surface area contributed by atoms with Gasteiger partial charge in [-0.1, -0.05) is 24.9 Å². The van der Waals surface area contributed by atoms with Crippen LogP contribution in [-0.2, 0) is 9.59 Å². The van der Waals surface area contributed by atoms with Crippen LogP contribution in [-0.4, -0.2) is 60.5 Å². The Kier molecular flexibility index (Phi) is 8.21. The number of rotatable bonds is 10. The molecule has 1 heterocycles. The van der Waals surface area contributed by atoms with Gasteiger partial charge in [0.05, 0.1) is 6.54 Å². The molecule has 1 rings (SSSR count). The van der Waals surface area contributed by atoms with E-state index in [2.05, 4.69) is 21.9 Å². The van der Waals surface area contributed by atoms with Crippen molar-refractivity contribution in [3.63, 3.8) is 0 Å². The van der Waals surface area contributed by atoms with Crippen LogP contribution in [0.3, 0.4) is 0 Å². The zero-order valence-electron chi connectivity index (χ0n) is 13.7. The number of hydrogen-bond donors (Lipinski definition) is 1. The number of likely N-dealkylation sites (N-methyl/N-ethyl adjacent to an activating group) is 1. The van der Waals surface area contributed by atoms with Gasteiger partial charge in [0.25, 0.3) is 0 Å². The third-order valence-corrected chi connectivity index (χ3v) is 3.20. The van der Waals surface area contributed by atoms with Crippen molar-refractivity contribution in [1.82, 2.24) is 15.0 Å². The summed E-state index contributed by atoms with van der Waals surface area (Å²) in [5.41, 5.74) is 0. The number of anilines is 1. The van der Waals surface area contributed by atoms with Gasteiger partial charge < -0.3 is 19.6 Å². The van der Waals surface area contributed by atoms with Crippen LogP contribution in [0, 0.1) is 0 Å². The van der Waals surface area contributed by atoms with E-state index in [9.17, 15) is 9.59 Å². The molecule has 0 aliphatic rings. The monoisotopic (exact) mass is 310 g/mol. The molecule has 1 aromatic heterocycles. The fraction of sp³-hybridized carbons (Fsp3) is 0.667. The first-order chi connectivity index (χ1) is 10.5. The Bertz CT molecular complexity index is 446. The summed E-state index contributed by atoms with van der Waals surface area (Å²) in [4.78, 5) is 27.9. The molecule has 0 fully saturated rings. The topological polar surface area (TPSA) is 78.7 Å².